The van der Waals surface area contributed by atoms with Crippen molar-refractivity contribution < 1.29 is 18.0 Å². The average molecular weight is 499 g/mol. The molecule has 0 spiro atoms. The second-order valence-electron chi connectivity index (χ2n) is 7.38. The maximum atomic E-state index is 12.9. The molecule has 1 fully saturated rings. The number of rotatable bonds is 6. The van der Waals surface area contributed by atoms with Crippen LogP contribution in [0.1, 0.15) is 11.1 Å². The molecule has 0 atom stereocenters. The molecule has 3 amide bonds. The molecular weight excluding hydrogens is 475 g/mol. The second-order valence-corrected chi connectivity index (χ2v) is 10.1. The summed E-state index contributed by atoms with van der Waals surface area (Å²) in [6, 6.07) is 11.6. The quantitative estimate of drug-likeness (QED) is 0.639. The summed E-state index contributed by atoms with van der Waals surface area (Å²) in [5.41, 5.74) is 2.08. The van der Waals surface area contributed by atoms with Gasteiger partial charge in [-0.05, 0) is 30.7 Å². The van der Waals surface area contributed by atoms with Crippen molar-refractivity contribution in [2.45, 2.75) is 18.4 Å². The lowest BCUT2D eigenvalue weighted by Gasteiger charge is -2.34. The van der Waals surface area contributed by atoms with Crippen molar-refractivity contribution in [1.82, 2.24) is 19.8 Å². The molecule has 0 bridgehead atoms. The number of aryl methyl sites for hydroxylation is 1. The van der Waals surface area contributed by atoms with Gasteiger partial charge in [0.05, 0.1) is 11.6 Å². The largest absolute Gasteiger partial charge is 0.339 e. The molecule has 0 saturated carbocycles. The fraction of sp³-hybridized carbons (Fsp3) is 0.333. The van der Waals surface area contributed by atoms with Crippen LogP contribution in [0.3, 0.4) is 0 Å². The number of hydrogen-bond acceptors (Lipinski definition) is 4. The lowest BCUT2D eigenvalue weighted by atomic mass is 10.1. The highest BCUT2D eigenvalue weighted by atomic mass is 35.5. The first-order valence-electron chi connectivity index (χ1n) is 9.97. The van der Waals surface area contributed by atoms with Gasteiger partial charge < -0.3 is 15.5 Å². The standard InChI is InChI=1S/C21H24Cl2N4O4S/c1-15-2-4-16(5-3-15)13-24-21(29)25-14-20(28)26-8-10-27(11-9-26)32(30,31)19-12-17(22)6-7-18(19)23/h2-7,12H,8-11,13-14H2,1H3,(H2,24,25,29). The first-order valence-corrected chi connectivity index (χ1v) is 12.2. The van der Waals surface area contributed by atoms with E-state index in [1.165, 1.54) is 27.4 Å². The second kappa shape index (κ2) is 10.5. The number of nitrogens with one attached hydrogen (secondary N) is 2. The maximum Gasteiger partial charge on any atom is 0.315 e. The average Bonchev–Trinajstić information content (AvgIpc) is 2.78. The van der Waals surface area contributed by atoms with Crippen molar-refractivity contribution in [3.05, 3.63) is 63.6 Å². The van der Waals surface area contributed by atoms with Gasteiger partial charge in [-0.15, -0.1) is 0 Å². The van der Waals surface area contributed by atoms with Crippen LogP contribution in [0.4, 0.5) is 4.79 Å². The Bertz CT molecular complexity index is 1090. The Labute approximate surface area is 197 Å². The van der Waals surface area contributed by atoms with Gasteiger partial charge in [0, 0.05) is 37.7 Å². The molecule has 32 heavy (non-hydrogen) atoms. The van der Waals surface area contributed by atoms with Gasteiger partial charge in [0.25, 0.3) is 0 Å². The Morgan fingerprint density at radius 2 is 1.62 bits per heavy atom. The maximum absolute atomic E-state index is 12.9. The summed E-state index contributed by atoms with van der Waals surface area (Å²) >= 11 is 12.0. The molecule has 0 radical (unpaired) electrons. The molecule has 2 aromatic rings. The van der Waals surface area contributed by atoms with Gasteiger partial charge in [-0.2, -0.15) is 4.31 Å². The van der Waals surface area contributed by atoms with Crippen LogP contribution >= 0.6 is 23.2 Å². The summed E-state index contributed by atoms with van der Waals surface area (Å²) in [5.74, 6) is -0.284. The Balaban J connectivity index is 1.46. The van der Waals surface area contributed by atoms with Crippen LogP contribution in [0.5, 0.6) is 0 Å². The predicted molar refractivity (Wildman–Crippen MR) is 123 cm³/mol. The van der Waals surface area contributed by atoms with Gasteiger partial charge in [0.2, 0.25) is 15.9 Å². The minimum absolute atomic E-state index is 0.0571. The molecule has 2 aromatic carbocycles. The SMILES string of the molecule is Cc1ccc(CNC(=O)NCC(=O)N2CCN(S(=O)(=O)c3cc(Cl)ccc3Cl)CC2)cc1. The van der Waals surface area contributed by atoms with Crippen LogP contribution in [0, 0.1) is 6.92 Å². The first kappa shape index (κ1) is 24.3. The van der Waals surface area contributed by atoms with Crippen LogP contribution < -0.4 is 10.6 Å². The summed E-state index contributed by atoms with van der Waals surface area (Å²) in [7, 11) is -3.83. The number of halogens is 2. The molecule has 11 heteroatoms. The van der Waals surface area contributed by atoms with Crippen LogP contribution in [-0.2, 0) is 21.4 Å². The smallest absolute Gasteiger partial charge is 0.315 e. The van der Waals surface area contributed by atoms with Crippen molar-refractivity contribution in [1.29, 1.82) is 0 Å². The molecule has 0 unspecified atom stereocenters. The Morgan fingerprint density at radius 1 is 0.969 bits per heavy atom. The molecule has 1 saturated heterocycles. The third-order valence-corrected chi connectivity index (χ3v) is 7.69. The van der Waals surface area contributed by atoms with Gasteiger partial charge in [-0.3, -0.25) is 4.79 Å². The molecule has 0 aliphatic carbocycles. The van der Waals surface area contributed by atoms with E-state index >= 15 is 0 Å². The summed E-state index contributed by atoms with van der Waals surface area (Å²) in [4.78, 5) is 25.8. The van der Waals surface area contributed by atoms with E-state index in [0.717, 1.165) is 11.1 Å². The zero-order valence-electron chi connectivity index (χ0n) is 17.5. The highest BCUT2D eigenvalue weighted by Crippen LogP contribution is 2.28. The zero-order chi connectivity index (χ0) is 23.3. The number of nitrogens with zero attached hydrogens (tertiary/aromatic N) is 2. The van der Waals surface area contributed by atoms with Gasteiger partial charge in [-0.25, -0.2) is 13.2 Å². The van der Waals surface area contributed by atoms with E-state index in [0.29, 0.717) is 6.54 Å². The normalized spacial score (nSPS) is 14.8. The Kier molecular flexibility index (Phi) is 8.00. The molecule has 1 aliphatic rings. The monoisotopic (exact) mass is 498 g/mol. The molecular formula is C21H24Cl2N4O4S. The third kappa shape index (κ3) is 6.13. The van der Waals surface area contributed by atoms with E-state index in [4.69, 9.17) is 23.2 Å². The van der Waals surface area contributed by atoms with Crippen LogP contribution in [0.15, 0.2) is 47.4 Å². The van der Waals surface area contributed by atoms with Crippen molar-refractivity contribution in [2.75, 3.05) is 32.7 Å². The number of benzene rings is 2. The minimum Gasteiger partial charge on any atom is -0.339 e. The van der Waals surface area contributed by atoms with Gasteiger partial charge in [0.1, 0.15) is 4.90 Å². The third-order valence-electron chi connectivity index (χ3n) is 5.08. The fourth-order valence-electron chi connectivity index (χ4n) is 3.21. The predicted octanol–water partition coefficient (Wildman–Crippen LogP) is 2.63. The topological polar surface area (TPSA) is 98.8 Å². The molecule has 1 heterocycles. The molecule has 8 nitrogen and oxygen atoms in total. The highest BCUT2D eigenvalue weighted by molar-refractivity contribution is 7.89. The number of hydrogen-bond donors (Lipinski definition) is 2. The number of urea groups is 1. The number of carbonyl (C=O) groups is 2. The molecule has 2 N–H and O–H groups in total. The van der Waals surface area contributed by atoms with Crippen molar-refractivity contribution >= 4 is 45.2 Å². The summed E-state index contributed by atoms with van der Waals surface area (Å²) < 4.78 is 27.0. The highest BCUT2D eigenvalue weighted by Gasteiger charge is 2.31. The van der Waals surface area contributed by atoms with E-state index in [-0.39, 0.29) is 53.6 Å². The summed E-state index contributed by atoms with van der Waals surface area (Å²) in [6.45, 7) is 2.82. The van der Waals surface area contributed by atoms with Crippen molar-refractivity contribution in [3.8, 4) is 0 Å². The van der Waals surface area contributed by atoms with Gasteiger partial charge >= 0.3 is 6.03 Å². The molecule has 172 valence electrons. The Morgan fingerprint density at radius 3 is 2.28 bits per heavy atom. The lowest BCUT2D eigenvalue weighted by Crippen LogP contribution is -2.53. The molecule has 1 aliphatic heterocycles. The first-order chi connectivity index (χ1) is 15.2. The van der Waals surface area contributed by atoms with Crippen LogP contribution in [-0.4, -0.2) is 62.3 Å². The number of sulfonamides is 1. The minimum atomic E-state index is -3.83. The molecule has 3 rings (SSSR count). The van der Waals surface area contributed by atoms with Crippen LogP contribution in [0.25, 0.3) is 0 Å². The number of carbonyl (C=O) groups excluding carboxylic acids is 2. The lowest BCUT2D eigenvalue weighted by molar-refractivity contribution is -0.131. The van der Waals surface area contributed by atoms with Crippen molar-refractivity contribution in [3.63, 3.8) is 0 Å². The van der Waals surface area contributed by atoms with E-state index < -0.39 is 16.1 Å². The van der Waals surface area contributed by atoms with Crippen LogP contribution in [0.2, 0.25) is 10.0 Å². The molecule has 0 aromatic heterocycles. The summed E-state index contributed by atoms with van der Waals surface area (Å²) in [6.07, 6.45) is 0. The zero-order valence-corrected chi connectivity index (χ0v) is 19.8. The van der Waals surface area contributed by atoms with Crippen molar-refractivity contribution in [2.24, 2.45) is 0 Å². The number of piperazine rings is 1. The van der Waals surface area contributed by atoms with Gasteiger partial charge in [0.15, 0.2) is 0 Å². The number of amides is 3. The fourth-order valence-corrected chi connectivity index (χ4v) is 5.37. The van der Waals surface area contributed by atoms with E-state index in [2.05, 4.69) is 10.6 Å². The van der Waals surface area contributed by atoms with E-state index in [9.17, 15) is 18.0 Å². The Hall–Kier alpha value is -2.33. The van der Waals surface area contributed by atoms with Gasteiger partial charge in [-0.1, -0.05) is 53.0 Å². The van der Waals surface area contributed by atoms with E-state index in [1.807, 2.05) is 31.2 Å². The van der Waals surface area contributed by atoms with E-state index in [1.54, 1.807) is 0 Å². The summed E-state index contributed by atoms with van der Waals surface area (Å²) in [5, 5.41) is 5.60.